The largest absolute Gasteiger partial charge is 0.315 e. The molecule has 44 valence electrons. The highest BCUT2D eigenvalue weighted by Crippen LogP contribution is 2.07. The van der Waals surface area contributed by atoms with Gasteiger partial charge < -0.3 is 5.73 Å². The first-order chi connectivity index (χ1) is 3.72. The third kappa shape index (κ3) is 0.648. The van der Waals surface area contributed by atoms with E-state index in [2.05, 4.69) is 0 Å². The molecule has 0 bridgehead atoms. The van der Waals surface area contributed by atoms with Crippen molar-refractivity contribution in [2.24, 2.45) is 5.73 Å². The van der Waals surface area contributed by atoms with Gasteiger partial charge in [-0.05, 0) is 0 Å². The first kappa shape index (κ1) is 5.44. The molecule has 0 spiro atoms. The Labute approximate surface area is 46.9 Å². The molecule has 0 radical (unpaired) electrons. The van der Waals surface area contributed by atoms with Crippen molar-refractivity contribution in [3.8, 4) is 0 Å². The number of hydrogen-bond donors (Lipinski definition) is 1. The maximum atomic E-state index is 10.4. The summed E-state index contributed by atoms with van der Waals surface area (Å²) in [6.45, 7) is 0. The predicted molar refractivity (Wildman–Crippen MR) is 27.2 cm³/mol. The van der Waals surface area contributed by atoms with E-state index in [-0.39, 0.29) is 11.6 Å². The fourth-order valence-electron chi connectivity index (χ4n) is 0.737. The minimum Gasteiger partial charge on any atom is -0.315 e. The molecule has 8 heavy (non-hydrogen) atoms. The molecule has 0 unspecified atom stereocenters. The standard InChI is InChI=1S/C5H7NO2/c6-5-3(7)1-2-4(5)8/h5H,1-2,6H2. The van der Waals surface area contributed by atoms with E-state index in [1.54, 1.807) is 0 Å². The van der Waals surface area contributed by atoms with Gasteiger partial charge in [0, 0.05) is 12.8 Å². The Bertz CT molecular complexity index is 125. The summed E-state index contributed by atoms with van der Waals surface area (Å²) in [6.07, 6.45) is 0.694. The van der Waals surface area contributed by atoms with E-state index in [1.165, 1.54) is 0 Å². The number of ketones is 2. The quantitative estimate of drug-likeness (QED) is 0.420. The molecular weight excluding hydrogens is 106 g/mol. The summed E-state index contributed by atoms with van der Waals surface area (Å²) in [4.78, 5) is 20.9. The lowest BCUT2D eigenvalue weighted by Gasteiger charge is -1.91. The van der Waals surface area contributed by atoms with Gasteiger partial charge in [0.25, 0.3) is 0 Å². The molecule has 0 saturated heterocycles. The molecule has 0 aliphatic heterocycles. The van der Waals surface area contributed by atoms with Crippen LogP contribution in [0.4, 0.5) is 0 Å². The number of Topliss-reactive ketones (excluding diaryl/α,β-unsaturated/α-hetero) is 2. The van der Waals surface area contributed by atoms with Crippen LogP contribution in [0.3, 0.4) is 0 Å². The molecule has 1 fully saturated rings. The van der Waals surface area contributed by atoms with Gasteiger partial charge in [0.1, 0.15) is 6.04 Å². The zero-order valence-electron chi connectivity index (χ0n) is 4.39. The Morgan fingerprint density at radius 1 is 1.25 bits per heavy atom. The number of carbonyl (C=O) groups excluding carboxylic acids is 2. The zero-order valence-corrected chi connectivity index (χ0v) is 4.39. The van der Waals surface area contributed by atoms with Crippen molar-refractivity contribution in [2.75, 3.05) is 0 Å². The van der Waals surface area contributed by atoms with Gasteiger partial charge in [0.05, 0.1) is 0 Å². The molecule has 2 N–H and O–H groups in total. The van der Waals surface area contributed by atoms with Gasteiger partial charge >= 0.3 is 0 Å². The molecule has 0 heterocycles. The Hall–Kier alpha value is -0.700. The SMILES string of the molecule is NC1C(=O)CCC1=O. The van der Waals surface area contributed by atoms with Gasteiger partial charge in [-0.2, -0.15) is 0 Å². The Morgan fingerprint density at radius 2 is 1.62 bits per heavy atom. The zero-order chi connectivity index (χ0) is 6.15. The van der Waals surface area contributed by atoms with Gasteiger partial charge in [0.2, 0.25) is 0 Å². The van der Waals surface area contributed by atoms with Crippen LogP contribution in [0.2, 0.25) is 0 Å². The van der Waals surface area contributed by atoms with E-state index >= 15 is 0 Å². The van der Waals surface area contributed by atoms with Crippen LogP contribution in [0, 0.1) is 0 Å². The predicted octanol–water partition coefficient (Wildman–Crippen LogP) is -0.754. The van der Waals surface area contributed by atoms with Crippen LogP contribution in [0.15, 0.2) is 0 Å². The Balaban J connectivity index is 2.70. The average molecular weight is 113 g/mol. The van der Waals surface area contributed by atoms with E-state index in [4.69, 9.17) is 5.73 Å². The summed E-state index contributed by atoms with van der Waals surface area (Å²) < 4.78 is 0. The van der Waals surface area contributed by atoms with E-state index < -0.39 is 6.04 Å². The molecule has 1 rings (SSSR count). The highest BCUT2D eigenvalue weighted by atomic mass is 16.2. The lowest BCUT2D eigenvalue weighted by molar-refractivity contribution is -0.123. The molecule has 1 aliphatic rings. The van der Waals surface area contributed by atoms with Crippen molar-refractivity contribution in [2.45, 2.75) is 18.9 Å². The van der Waals surface area contributed by atoms with Crippen LogP contribution < -0.4 is 5.73 Å². The highest BCUT2D eigenvalue weighted by molar-refractivity contribution is 6.12. The molecule has 0 aromatic carbocycles. The van der Waals surface area contributed by atoms with Gasteiger partial charge in [-0.15, -0.1) is 0 Å². The molecule has 0 aromatic heterocycles. The van der Waals surface area contributed by atoms with Crippen LogP contribution in [0.25, 0.3) is 0 Å². The summed E-state index contributed by atoms with van der Waals surface area (Å²) in [7, 11) is 0. The minimum absolute atomic E-state index is 0.116. The van der Waals surface area contributed by atoms with Crippen LogP contribution in [-0.2, 0) is 9.59 Å². The summed E-state index contributed by atoms with van der Waals surface area (Å²) in [5.74, 6) is -0.231. The van der Waals surface area contributed by atoms with Gasteiger partial charge in [-0.3, -0.25) is 9.59 Å². The molecular formula is C5H7NO2. The summed E-state index contributed by atoms with van der Waals surface area (Å²) >= 11 is 0. The summed E-state index contributed by atoms with van der Waals surface area (Å²) in [6, 6.07) is -0.796. The van der Waals surface area contributed by atoms with E-state index in [1.807, 2.05) is 0 Å². The monoisotopic (exact) mass is 113 g/mol. The second kappa shape index (κ2) is 1.67. The molecule has 3 nitrogen and oxygen atoms in total. The lowest BCUT2D eigenvalue weighted by atomic mass is 10.2. The van der Waals surface area contributed by atoms with Crippen molar-refractivity contribution in [3.05, 3.63) is 0 Å². The lowest BCUT2D eigenvalue weighted by Crippen LogP contribution is -2.31. The number of nitrogens with two attached hydrogens (primary N) is 1. The number of hydrogen-bond acceptors (Lipinski definition) is 3. The van der Waals surface area contributed by atoms with Crippen LogP contribution in [-0.4, -0.2) is 17.6 Å². The van der Waals surface area contributed by atoms with Gasteiger partial charge in [-0.1, -0.05) is 0 Å². The van der Waals surface area contributed by atoms with E-state index in [9.17, 15) is 9.59 Å². The normalized spacial score (nSPS) is 22.6. The second-order valence-corrected chi connectivity index (χ2v) is 1.91. The molecule has 0 aromatic rings. The average Bonchev–Trinajstić information content (AvgIpc) is 1.98. The third-order valence-corrected chi connectivity index (χ3v) is 1.31. The van der Waals surface area contributed by atoms with E-state index in [0.717, 1.165) is 0 Å². The fourth-order valence-corrected chi connectivity index (χ4v) is 0.737. The molecule has 0 amide bonds. The maximum Gasteiger partial charge on any atom is 0.157 e. The van der Waals surface area contributed by atoms with Crippen molar-refractivity contribution in [3.63, 3.8) is 0 Å². The molecule has 3 heteroatoms. The first-order valence-electron chi connectivity index (χ1n) is 2.53. The van der Waals surface area contributed by atoms with Crippen molar-refractivity contribution in [1.29, 1.82) is 0 Å². The van der Waals surface area contributed by atoms with Crippen LogP contribution in [0.1, 0.15) is 12.8 Å². The van der Waals surface area contributed by atoms with E-state index in [0.29, 0.717) is 12.8 Å². The van der Waals surface area contributed by atoms with Crippen molar-refractivity contribution >= 4 is 11.6 Å². The maximum absolute atomic E-state index is 10.4. The third-order valence-electron chi connectivity index (χ3n) is 1.31. The molecule has 0 atom stereocenters. The van der Waals surface area contributed by atoms with Crippen LogP contribution in [0.5, 0.6) is 0 Å². The van der Waals surface area contributed by atoms with Crippen molar-refractivity contribution < 1.29 is 9.59 Å². The summed E-state index contributed by atoms with van der Waals surface area (Å²) in [5.41, 5.74) is 5.12. The highest BCUT2D eigenvalue weighted by Gasteiger charge is 2.28. The van der Waals surface area contributed by atoms with Crippen molar-refractivity contribution in [1.82, 2.24) is 0 Å². The first-order valence-corrected chi connectivity index (χ1v) is 2.53. The Kier molecular flexibility index (Phi) is 1.13. The van der Waals surface area contributed by atoms with Gasteiger partial charge in [0.15, 0.2) is 11.6 Å². The number of carbonyl (C=O) groups is 2. The van der Waals surface area contributed by atoms with Crippen LogP contribution >= 0.6 is 0 Å². The topological polar surface area (TPSA) is 60.2 Å². The summed E-state index contributed by atoms with van der Waals surface area (Å²) in [5, 5.41) is 0. The number of rotatable bonds is 0. The minimum atomic E-state index is -0.796. The smallest absolute Gasteiger partial charge is 0.157 e. The van der Waals surface area contributed by atoms with Gasteiger partial charge in [-0.25, -0.2) is 0 Å². The fraction of sp³-hybridized carbons (Fsp3) is 0.600. The Morgan fingerprint density at radius 3 is 1.75 bits per heavy atom. The second-order valence-electron chi connectivity index (χ2n) is 1.91. The molecule has 1 saturated carbocycles. The molecule has 1 aliphatic carbocycles.